The number of carbonyl (C=O) groups excluding carboxylic acids is 3. The lowest BCUT2D eigenvalue weighted by Gasteiger charge is -2.18. The van der Waals surface area contributed by atoms with E-state index in [2.05, 4.69) is 93.7 Å². The molecule has 0 N–H and O–H groups in total. The summed E-state index contributed by atoms with van der Waals surface area (Å²) in [5.41, 5.74) is 0. The highest BCUT2D eigenvalue weighted by Crippen LogP contribution is 2.14. The summed E-state index contributed by atoms with van der Waals surface area (Å²) < 4.78 is 16.8. The molecule has 0 aliphatic carbocycles. The molecule has 1 unspecified atom stereocenters. The van der Waals surface area contributed by atoms with Crippen molar-refractivity contribution in [3.63, 3.8) is 0 Å². The summed E-state index contributed by atoms with van der Waals surface area (Å²) in [4.78, 5) is 38.1. The van der Waals surface area contributed by atoms with Gasteiger partial charge in [0.15, 0.2) is 6.10 Å². The molecular weight excluding hydrogens is 829 g/mol. The fraction of sp³-hybridized carbons (Fsp3) is 0.656. The molecule has 0 aliphatic heterocycles. The van der Waals surface area contributed by atoms with Crippen LogP contribution in [0.15, 0.2) is 109 Å². The molecule has 0 radical (unpaired) electrons. The third kappa shape index (κ3) is 52.9. The van der Waals surface area contributed by atoms with Crippen LogP contribution in [-0.4, -0.2) is 37.2 Å². The van der Waals surface area contributed by atoms with Gasteiger partial charge in [-0.3, -0.25) is 14.4 Å². The zero-order chi connectivity index (χ0) is 48.6. The van der Waals surface area contributed by atoms with Gasteiger partial charge in [0, 0.05) is 19.3 Å². The average Bonchev–Trinajstić information content (AvgIpc) is 3.33. The van der Waals surface area contributed by atoms with Crippen molar-refractivity contribution in [1.82, 2.24) is 0 Å². The molecule has 6 nitrogen and oxygen atoms in total. The van der Waals surface area contributed by atoms with Crippen LogP contribution in [0.25, 0.3) is 0 Å². The first-order valence-corrected chi connectivity index (χ1v) is 27.5. The molecule has 0 saturated carbocycles. The van der Waals surface area contributed by atoms with Gasteiger partial charge in [-0.15, -0.1) is 0 Å². The van der Waals surface area contributed by atoms with Gasteiger partial charge in [-0.1, -0.05) is 239 Å². The SMILES string of the molecule is CC\C=C/C=C\C=C/C=C\CCCCCC(=O)OCC(COC(=O)CCCCCCC\C=C/C=C\C=C/C=C\CCCCC)OC(=O)CCCCCCC/C=C\CCCCCCCCCCC. The second-order valence-corrected chi connectivity index (χ2v) is 17.9. The number of allylic oxidation sites excluding steroid dienone is 18. The molecule has 1 atom stereocenters. The van der Waals surface area contributed by atoms with E-state index in [1.54, 1.807) is 0 Å². The van der Waals surface area contributed by atoms with Crippen LogP contribution < -0.4 is 0 Å². The first kappa shape index (κ1) is 63.1. The lowest BCUT2D eigenvalue weighted by atomic mass is 10.1. The van der Waals surface area contributed by atoms with Gasteiger partial charge >= 0.3 is 17.9 Å². The first-order chi connectivity index (χ1) is 33.0. The molecule has 67 heavy (non-hydrogen) atoms. The predicted octanol–water partition coefficient (Wildman–Crippen LogP) is 18.3. The number of hydrogen-bond acceptors (Lipinski definition) is 6. The van der Waals surface area contributed by atoms with E-state index in [1.165, 1.54) is 89.9 Å². The van der Waals surface area contributed by atoms with Gasteiger partial charge in [0.25, 0.3) is 0 Å². The standard InChI is InChI=1S/C61H100O6/c1-4-7-10-13-16-19-22-25-27-29-31-33-36-39-42-45-48-51-54-60(63)66-57-58(56-65-59(62)53-50-47-44-41-38-35-24-21-18-15-12-9-6-3)67-61(64)55-52-49-46-43-40-37-34-32-30-28-26-23-20-17-14-11-8-5-2/h9,12,15-16,18-19,21-22,24-25,27,29,31-35,38,58H,4-8,10-11,13-14,17,20,23,26,28,30,36-37,39-57H2,1-3H3/b12-9-,18-15-,19-16-,24-21-,25-22-,29-27-,33-31-,34-32-,38-35-. The minimum Gasteiger partial charge on any atom is -0.462 e. The van der Waals surface area contributed by atoms with Gasteiger partial charge in [0.1, 0.15) is 13.2 Å². The summed E-state index contributed by atoms with van der Waals surface area (Å²) in [7, 11) is 0. The monoisotopic (exact) mass is 929 g/mol. The Morgan fingerprint density at radius 1 is 0.313 bits per heavy atom. The Labute approximate surface area is 412 Å². The quantitative estimate of drug-likeness (QED) is 0.0199. The zero-order valence-corrected chi connectivity index (χ0v) is 43.4. The van der Waals surface area contributed by atoms with Crippen molar-refractivity contribution in [3.05, 3.63) is 109 Å². The van der Waals surface area contributed by atoms with Crippen LogP contribution in [0, 0.1) is 0 Å². The number of carbonyl (C=O) groups is 3. The molecule has 380 valence electrons. The van der Waals surface area contributed by atoms with E-state index in [-0.39, 0.29) is 31.1 Å². The number of esters is 3. The van der Waals surface area contributed by atoms with Gasteiger partial charge in [0.05, 0.1) is 0 Å². The van der Waals surface area contributed by atoms with Crippen LogP contribution in [0.3, 0.4) is 0 Å². The summed E-state index contributed by atoms with van der Waals surface area (Å²) in [5, 5.41) is 0. The summed E-state index contributed by atoms with van der Waals surface area (Å²) >= 11 is 0. The third-order valence-electron chi connectivity index (χ3n) is 11.4. The Bertz CT molecular complexity index is 1390. The van der Waals surface area contributed by atoms with E-state index >= 15 is 0 Å². The maximum Gasteiger partial charge on any atom is 0.306 e. The fourth-order valence-corrected chi connectivity index (χ4v) is 7.28. The number of rotatable bonds is 48. The van der Waals surface area contributed by atoms with Gasteiger partial charge in [-0.25, -0.2) is 0 Å². The maximum absolute atomic E-state index is 12.8. The molecule has 0 heterocycles. The van der Waals surface area contributed by atoms with Crippen molar-refractivity contribution in [2.24, 2.45) is 0 Å². The second kappa shape index (κ2) is 54.7. The van der Waals surface area contributed by atoms with Crippen LogP contribution in [0.4, 0.5) is 0 Å². The number of unbranched alkanes of at least 4 members (excludes halogenated alkanes) is 25. The summed E-state index contributed by atoms with van der Waals surface area (Å²) in [6.45, 7) is 6.40. The summed E-state index contributed by atoms with van der Waals surface area (Å²) in [6, 6.07) is 0. The molecule has 0 amide bonds. The minimum absolute atomic E-state index is 0.108. The van der Waals surface area contributed by atoms with Crippen molar-refractivity contribution < 1.29 is 28.6 Å². The van der Waals surface area contributed by atoms with Crippen LogP contribution >= 0.6 is 0 Å². The number of ether oxygens (including phenoxy) is 3. The smallest absolute Gasteiger partial charge is 0.306 e. The topological polar surface area (TPSA) is 78.9 Å². The Kier molecular flexibility index (Phi) is 51.5. The van der Waals surface area contributed by atoms with Crippen molar-refractivity contribution in [3.8, 4) is 0 Å². The minimum atomic E-state index is -0.811. The lowest BCUT2D eigenvalue weighted by molar-refractivity contribution is -0.167. The Hall–Kier alpha value is -3.93. The summed E-state index contributed by atoms with van der Waals surface area (Å²) in [6.07, 6.45) is 73.6. The second-order valence-electron chi connectivity index (χ2n) is 17.9. The van der Waals surface area contributed by atoms with E-state index in [0.717, 1.165) is 109 Å². The highest BCUT2D eigenvalue weighted by atomic mass is 16.6. The Balaban J connectivity index is 4.50. The molecule has 0 rings (SSSR count). The van der Waals surface area contributed by atoms with Crippen LogP contribution in [0.5, 0.6) is 0 Å². The van der Waals surface area contributed by atoms with Gasteiger partial charge < -0.3 is 14.2 Å². The van der Waals surface area contributed by atoms with Crippen molar-refractivity contribution >= 4 is 17.9 Å². The molecule has 0 aromatic rings. The first-order valence-electron chi connectivity index (χ1n) is 27.5. The highest BCUT2D eigenvalue weighted by molar-refractivity contribution is 5.71. The van der Waals surface area contributed by atoms with Crippen molar-refractivity contribution in [1.29, 1.82) is 0 Å². The van der Waals surface area contributed by atoms with Gasteiger partial charge in [-0.2, -0.15) is 0 Å². The molecule has 0 bridgehead atoms. The predicted molar refractivity (Wildman–Crippen MR) is 288 cm³/mol. The van der Waals surface area contributed by atoms with E-state index < -0.39 is 6.10 Å². The largest absolute Gasteiger partial charge is 0.462 e. The lowest BCUT2D eigenvalue weighted by Crippen LogP contribution is -2.30. The zero-order valence-electron chi connectivity index (χ0n) is 43.4. The third-order valence-corrected chi connectivity index (χ3v) is 11.4. The molecule has 0 saturated heterocycles. The van der Waals surface area contributed by atoms with E-state index in [4.69, 9.17) is 14.2 Å². The Morgan fingerprint density at radius 2 is 0.597 bits per heavy atom. The van der Waals surface area contributed by atoms with Crippen LogP contribution in [0.1, 0.15) is 239 Å². The summed E-state index contributed by atoms with van der Waals surface area (Å²) in [5.74, 6) is -0.979. The number of hydrogen-bond donors (Lipinski definition) is 0. The average molecular weight is 929 g/mol. The van der Waals surface area contributed by atoms with Gasteiger partial charge in [0.2, 0.25) is 0 Å². The molecule has 6 heteroatoms. The maximum atomic E-state index is 12.8. The van der Waals surface area contributed by atoms with E-state index in [1.807, 2.05) is 36.5 Å². The van der Waals surface area contributed by atoms with Crippen LogP contribution in [0.2, 0.25) is 0 Å². The fourth-order valence-electron chi connectivity index (χ4n) is 7.28. The van der Waals surface area contributed by atoms with Crippen LogP contribution in [-0.2, 0) is 28.6 Å². The molecular formula is C61H100O6. The van der Waals surface area contributed by atoms with Crippen molar-refractivity contribution in [2.75, 3.05) is 13.2 Å². The molecule has 0 spiro atoms. The molecule has 0 aliphatic rings. The van der Waals surface area contributed by atoms with E-state index in [0.29, 0.717) is 19.3 Å². The molecule has 0 aromatic heterocycles. The highest BCUT2D eigenvalue weighted by Gasteiger charge is 2.19. The van der Waals surface area contributed by atoms with Crippen molar-refractivity contribution in [2.45, 2.75) is 245 Å². The van der Waals surface area contributed by atoms with Gasteiger partial charge in [-0.05, 0) is 89.9 Å². The molecule has 0 fully saturated rings. The molecule has 0 aromatic carbocycles. The normalized spacial score (nSPS) is 12.9. The van der Waals surface area contributed by atoms with E-state index in [9.17, 15) is 14.4 Å². The Morgan fingerprint density at radius 3 is 1.00 bits per heavy atom.